The molecule has 2 fully saturated rings. The number of cyclic esters (lactones) is 1. The predicted octanol–water partition coefficient (Wildman–Crippen LogP) is 4.22. The van der Waals surface area contributed by atoms with E-state index in [0.29, 0.717) is 31.5 Å². The van der Waals surface area contributed by atoms with Crippen LogP contribution in [0.3, 0.4) is 0 Å². The number of likely N-dealkylation sites (tertiary alicyclic amines) is 1. The summed E-state index contributed by atoms with van der Waals surface area (Å²) in [6, 6.07) is 18.1. The lowest BCUT2D eigenvalue weighted by Crippen LogP contribution is -2.51. The molecule has 1 aromatic heterocycles. The standard InChI is InChI=1S/C33H33F3N4O6/c1-20(38-32(44)33(34,35)36)29(23-11-9-22(10-12-23)21-6-3-2-4-7-21)46-26-13-14-27(37-17-26)30(42)39-25-8-5-15-40(18-25)31(43)24-16-28(41)45-19-24/h2-4,6-7,9-14,17,20,24-25,29H,5,8,15-16,18-19H2,1H3,(H,38,44)(H,39,42)/t20-,24+,25-,29-/m0/s1. The van der Waals surface area contributed by atoms with Gasteiger partial charge in [0, 0.05) is 19.1 Å². The predicted molar refractivity (Wildman–Crippen MR) is 159 cm³/mol. The van der Waals surface area contributed by atoms with Gasteiger partial charge in [-0.2, -0.15) is 13.2 Å². The van der Waals surface area contributed by atoms with E-state index in [2.05, 4.69) is 10.3 Å². The Labute approximate surface area is 263 Å². The molecule has 4 atom stereocenters. The van der Waals surface area contributed by atoms with Crippen LogP contribution in [0.15, 0.2) is 72.9 Å². The summed E-state index contributed by atoms with van der Waals surface area (Å²) in [6.45, 7) is 2.29. The highest BCUT2D eigenvalue weighted by Crippen LogP contribution is 2.29. The normalized spacial score (nSPS) is 19.5. The van der Waals surface area contributed by atoms with Crippen LogP contribution in [-0.2, 0) is 19.1 Å². The monoisotopic (exact) mass is 638 g/mol. The first-order chi connectivity index (χ1) is 22.0. The molecule has 2 N–H and O–H groups in total. The lowest BCUT2D eigenvalue weighted by atomic mass is 9.99. The van der Waals surface area contributed by atoms with Crippen LogP contribution >= 0.6 is 0 Å². The zero-order valence-corrected chi connectivity index (χ0v) is 25.0. The highest BCUT2D eigenvalue weighted by Gasteiger charge is 2.40. The average Bonchev–Trinajstić information content (AvgIpc) is 3.49. The van der Waals surface area contributed by atoms with E-state index in [-0.39, 0.29) is 36.4 Å². The van der Waals surface area contributed by atoms with Crippen LogP contribution in [0.2, 0.25) is 0 Å². The first-order valence-corrected chi connectivity index (χ1v) is 14.9. The Morgan fingerprint density at radius 2 is 1.74 bits per heavy atom. The fourth-order valence-corrected chi connectivity index (χ4v) is 5.53. The number of halogens is 3. The summed E-state index contributed by atoms with van der Waals surface area (Å²) < 4.78 is 50.1. The lowest BCUT2D eigenvalue weighted by Gasteiger charge is -2.34. The number of alkyl halides is 3. The molecule has 2 aromatic carbocycles. The summed E-state index contributed by atoms with van der Waals surface area (Å²) in [4.78, 5) is 54.7. The van der Waals surface area contributed by atoms with Crippen molar-refractivity contribution >= 4 is 23.7 Å². The van der Waals surface area contributed by atoms with Gasteiger partial charge in [-0.3, -0.25) is 19.2 Å². The number of benzene rings is 2. The van der Waals surface area contributed by atoms with Gasteiger partial charge in [-0.15, -0.1) is 0 Å². The maximum absolute atomic E-state index is 13.0. The molecule has 0 saturated carbocycles. The van der Waals surface area contributed by atoms with Crippen LogP contribution in [0.25, 0.3) is 11.1 Å². The van der Waals surface area contributed by atoms with Gasteiger partial charge in [0.25, 0.3) is 5.91 Å². The SMILES string of the molecule is C[C@H](NC(=O)C(F)(F)F)[C@H](Oc1ccc(C(=O)N[C@H]2CCCN(C(=O)[C@H]3COC(=O)C3)C2)nc1)c1ccc(-c2ccccc2)cc1. The van der Waals surface area contributed by atoms with Crippen molar-refractivity contribution in [1.29, 1.82) is 0 Å². The molecule has 0 aliphatic carbocycles. The maximum Gasteiger partial charge on any atom is 0.471 e. The summed E-state index contributed by atoms with van der Waals surface area (Å²) >= 11 is 0. The Kier molecular flexibility index (Phi) is 9.88. The van der Waals surface area contributed by atoms with Crippen molar-refractivity contribution in [2.24, 2.45) is 5.92 Å². The molecule has 0 radical (unpaired) electrons. The van der Waals surface area contributed by atoms with Gasteiger partial charge in [-0.05, 0) is 48.6 Å². The number of pyridine rings is 1. The van der Waals surface area contributed by atoms with Gasteiger partial charge in [-0.25, -0.2) is 4.98 Å². The van der Waals surface area contributed by atoms with Crippen molar-refractivity contribution in [3.8, 4) is 16.9 Å². The first-order valence-electron chi connectivity index (χ1n) is 14.9. The first kappa shape index (κ1) is 32.5. The highest BCUT2D eigenvalue weighted by molar-refractivity contribution is 5.92. The van der Waals surface area contributed by atoms with Gasteiger partial charge in [0.15, 0.2) is 0 Å². The number of carbonyl (C=O) groups is 4. The van der Waals surface area contributed by atoms with Crippen molar-refractivity contribution in [2.45, 2.75) is 50.6 Å². The third kappa shape index (κ3) is 8.01. The number of amides is 3. The van der Waals surface area contributed by atoms with E-state index >= 15 is 0 Å². The Balaban J connectivity index is 1.25. The van der Waals surface area contributed by atoms with Crippen LogP contribution in [-0.4, -0.2) is 71.5 Å². The molecule has 3 heterocycles. The number of ether oxygens (including phenoxy) is 2. The summed E-state index contributed by atoms with van der Waals surface area (Å²) in [5.74, 6) is -3.46. The number of carbonyl (C=O) groups excluding carboxylic acids is 4. The van der Waals surface area contributed by atoms with Crippen LogP contribution in [0.4, 0.5) is 13.2 Å². The second-order valence-corrected chi connectivity index (χ2v) is 11.3. The number of hydrogen-bond donors (Lipinski definition) is 2. The fourth-order valence-electron chi connectivity index (χ4n) is 5.53. The third-order valence-electron chi connectivity index (χ3n) is 7.92. The summed E-state index contributed by atoms with van der Waals surface area (Å²) in [5.41, 5.74) is 2.44. The maximum atomic E-state index is 13.0. The molecule has 2 aliphatic rings. The molecule has 3 aromatic rings. The van der Waals surface area contributed by atoms with E-state index in [1.165, 1.54) is 25.3 Å². The molecule has 3 amide bonds. The molecule has 10 nitrogen and oxygen atoms in total. The third-order valence-corrected chi connectivity index (χ3v) is 7.92. The number of esters is 1. The Bertz CT molecular complexity index is 1550. The van der Waals surface area contributed by atoms with Gasteiger partial charge in [-0.1, -0.05) is 54.6 Å². The van der Waals surface area contributed by atoms with Crippen molar-refractivity contribution in [3.63, 3.8) is 0 Å². The minimum absolute atomic E-state index is 0.0536. The van der Waals surface area contributed by atoms with Crippen LogP contribution < -0.4 is 15.4 Å². The van der Waals surface area contributed by atoms with Crippen LogP contribution in [0, 0.1) is 5.92 Å². The minimum Gasteiger partial charge on any atom is -0.482 e. The Morgan fingerprint density at radius 3 is 2.37 bits per heavy atom. The van der Waals surface area contributed by atoms with Crippen molar-refractivity contribution < 1.29 is 41.8 Å². The minimum atomic E-state index is -5.07. The second-order valence-electron chi connectivity index (χ2n) is 11.3. The fraction of sp³-hybridized carbons (Fsp3) is 0.364. The highest BCUT2D eigenvalue weighted by atomic mass is 19.4. The van der Waals surface area contributed by atoms with E-state index in [9.17, 15) is 32.3 Å². The Morgan fingerprint density at radius 1 is 1.02 bits per heavy atom. The number of hydrogen-bond acceptors (Lipinski definition) is 7. The quantitative estimate of drug-likeness (QED) is 0.336. The van der Waals surface area contributed by atoms with Crippen LogP contribution in [0.5, 0.6) is 5.75 Å². The van der Waals surface area contributed by atoms with E-state index in [4.69, 9.17) is 9.47 Å². The van der Waals surface area contributed by atoms with Gasteiger partial charge < -0.3 is 25.0 Å². The van der Waals surface area contributed by atoms with Crippen molar-refractivity contribution in [2.75, 3.05) is 19.7 Å². The second kappa shape index (κ2) is 14.0. The molecule has 0 spiro atoms. The zero-order chi connectivity index (χ0) is 32.8. The number of nitrogens with zero attached hydrogens (tertiary/aromatic N) is 2. The van der Waals surface area contributed by atoms with Gasteiger partial charge >= 0.3 is 18.1 Å². The molecule has 5 rings (SSSR count). The molecule has 2 aliphatic heterocycles. The average molecular weight is 639 g/mol. The van der Waals surface area contributed by atoms with E-state index in [0.717, 1.165) is 11.1 Å². The molecule has 0 bridgehead atoms. The van der Waals surface area contributed by atoms with E-state index in [1.807, 2.05) is 47.8 Å². The van der Waals surface area contributed by atoms with Crippen molar-refractivity contribution in [3.05, 3.63) is 84.2 Å². The molecular weight excluding hydrogens is 605 g/mol. The molecule has 46 heavy (non-hydrogen) atoms. The summed E-state index contributed by atoms with van der Waals surface area (Å²) in [7, 11) is 0. The van der Waals surface area contributed by atoms with Crippen molar-refractivity contribution in [1.82, 2.24) is 20.5 Å². The van der Waals surface area contributed by atoms with Gasteiger partial charge in [0.05, 0.1) is 24.6 Å². The largest absolute Gasteiger partial charge is 0.482 e. The van der Waals surface area contributed by atoms with Gasteiger partial charge in [0.2, 0.25) is 5.91 Å². The van der Waals surface area contributed by atoms with Gasteiger partial charge in [0.1, 0.15) is 24.2 Å². The summed E-state index contributed by atoms with van der Waals surface area (Å²) in [5, 5.41) is 4.86. The number of aromatic nitrogens is 1. The number of rotatable bonds is 9. The summed E-state index contributed by atoms with van der Waals surface area (Å²) in [6.07, 6.45) is -3.43. The lowest BCUT2D eigenvalue weighted by molar-refractivity contribution is -0.174. The topological polar surface area (TPSA) is 127 Å². The number of piperidine rings is 1. The van der Waals surface area contributed by atoms with Crippen LogP contribution in [0.1, 0.15) is 48.3 Å². The van der Waals surface area contributed by atoms with E-state index < -0.39 is 42.0 Å². The molecule has 2 saturated heterocycles. The molecule has 13 heteroatoms. The van der Waals surface area contributed by atoms with E-state index in [1.54, 1.807) is 17.0 Å². The smallest absolute Gasteiger partial charge is 0.471 e. The Hall–Kier alpha value is -4.94. The molecule has 0 unspecified atom stereocenters. The number of nitrogens with one attached hydrogen (secondary N) is 2. The zero-order valence-electron chi connectivity index (χ0n) is 25.0. The molecule has 242 valence electrons. The molecular formula is C33H33F3N4O6.